The Morgan fingerprint density at radius 2 is 1.43 bits per heavy atom. The Balaban J connectivity index is 0. The number of nitrogens with one attached hydrogen (secondary N) is 1. The summed E-state index contributed by atoms with van der Waals surface area (Å²) in [5.74, 6) is 0. The van der Waals surface area contributed by atoms with Crippen LogP contribution >= 0.6 is 0 Å². The summed E-state index contributed by atoms with van der Waals surface area (Å²) in [6.07, 6.45) is 0. The van der Waals surface area contributed by atoms with Crippen LogP contribution in [0.4, 0.5) is 0 Å². The van der Waals surface area contributed by atoms with E-state index in [1.807, 2.05) is 0 Å². The monoisotopic (exact) mass is 107 g/mol. The molecule has 0 bridgehead atoms. The summed E-state index contributed by atoms with van der Waals surface area (Å²) in [4.78, 5) is 0. The summed E-state index contributed by atoms with van der Waals surface area (Å²) >= 11 is 0. The number of hydrogen-bond donors (Lipinski definition) is 1. The van der Waals surface area contributed by atoms with Crippen molar-refractivity contribution in [3.8, 4) is 0 Å². The van der Waals surface area contributed by atoms with Gasteiger partial charge in [-0.1, -0.05) is 0 Å². The van der Waals surface area contributed by atoms with Gasteiger partial charge in [0.25, 0.3) is 0 Å². The maximum atomic E-state index is 3.17. The highest BCUT2D eigenvalue weighted by molar-refractivity contribution is 4.94. The topological polar surface area (TPSA) is 84.9 Å². The van der Waals surface area contributed by atoms with Gasteiger partial charge in [-0.3, -0.25) is 0 Å². The van der Waals surface area contributed by atoms with Crippen molar-refractivity contribution >= 4 is 0 Å². The summed E-state index contributed by atoms with van der Waals surface area (Å²) in [6.45, 7) is 5.58. The molecule has 0 radical (unpaired) electrons. The molecule has 0 aromatic carbocycles. The molecule has 1 heterocycles. The molecule has 7 heavy (non-hydrogen) atoms. The van der Waals surface area contributed by atoms with Gasteiger partial charge in [0.1, 0.15) is 0 Å². The molecule has 46 valence electrons. The van der Waals surface area contributed by atoms with E-state index in [0.29, 0.717) is 5.54 Å². The fourth-order valence-corrected chi connectivity index (χ4v) is 0.177. The molecule has 0 aromatic rings. The first-order valence-corrected chi connectivity index (χ1v) is 1.96. The van der Waals surface area contributed by atoms with Gasteiger partial charge in [0, 0.05) is 12.1 Å². The first kappa shape index (κ1) is 9.99. The van der Waals surface area contributed by atoms with Crippen molar-refractivity contribution in [1.82, 2.24) is 5.32 Å². The first-order valence-electron chi connectivity index (χ1n) is 1.96. The zero-order valence-electron chi connectivity index (χ0n) is 4.71. The van der Waals surface area contributed by atoms with Crippen molar-refractivity contribution in [2.24, 2.45) is 0 Å². The van der Waals surface area contributed by atoms with Crippen LogP contribution in [0.25, 0.3) is 0 Å². The molecule has 0 aromatic heterocycles. The summed E-state index contributed by atoms with van der Waals surface area (Å²) < 4.78 is 0. The first-order chi connectivity index (χ1) is 2.21. The van der Waals surface area contributed by atoms with Crippen LogP contribution in [-0.4, -0.2) is 23.0 Å². The third kappa shape index (κ3) is 3.72. The van der Waals surface area contributed by atoms with Crippen molar-refractivity contribution in [3.05, 3.63) is 0 Å². The summed E-state index contributed by atoms with van der Waals surface area (Å²) in [6, 6.07) is 0. The van der Waals surface area contributed by atoms with Crippen molar-refractivity contribution in [1.29, 1.82) is 0 Å². The average molecular weight is 107 g/mol. The minimum Gasteiger partial charge on any atom is -0.412 e. The van der Waals surface area contributed by atoms with Gasteiger partial charge in [0.15, 0.2) is 0 Å². The zero-order chi connectivity index (χ0) is 3.91. The van der Waals surface area contributed by atoms with Gasteiger partial charge >= 0.3 is 0 Å². The van der Waals surface area contributed by atoms with Crippen LogP contribution in [0.5, 0.6) is 0 Å². The van der Waals surface area contributed by atoms with Gasteiger partial charge in [0.05, 0.1) is 0 Å². The largest absolute Gasteiger partial charge is 0.412 e. The second-order valence-corrected chi connectivity index (χ2v) is 2.24. The van der Waals surface area contributed by atoms with E-state index in [9.17, 15) is 0 Å². The molecule has 0 atom stereocenters. The summed E-state index contributed by atoms with van der Waals surface area (Å²) in [5, 5.41) is 3.17. The number of hydrogen-bond acceptors (Lipinski definition) is 1. The Kier molecular flexibility index (Phi) is 3.22. The fourth-order valence-electron chi connectivity index (χ4n) is 0.177. The molecule has 0 saturated carbocycles. The molecule has 5 N–H and O–H groups in total. The van der Waals surface area contributed by atoms with Crippen LogP contribution in [-0.2, 0) is 0 Å². The summed E-state index contributed by atoms with van der Waals surface area (Å²) in [5.41, 5.74) is 0.500. The molecule has 1 fully saturated rings. The molecule has 1 rings (SSSR count). The van der Waals surface area contributed by atoms with E-state index in [-0.39, 0.29) is 11.0 Å². The highest BCUT2D eigenvalue weighted by Crippen LogP contribution is 2.11. The third-order valence-corrected chi connectivity index (χ3v) is 0.884. The molecule has 0 spiro atoms. The lowest BCUT2D eigenvalue weighted by molar-refractivity contribution is 0.786. The lowest BCUT2D eigenvalue weighted by atomic mass is 10.3. The maximum absolute atomic E-state index is 3.17. The zero-order valence-corrected chi connectivity index (χ0v) is 4.71. The quantitative estimate of drug-likeness (QED) is 0.384. The van der Waals surface area contributed by atoms with Crippen LogP contribution in [0, 0.1) is 0 Å². The molecule has 1 saturated heterocycles. The van der Waals surface area contributed by atoms with E-state index in [1.165, 1.54) is 6.54 Å². The van der Waals surface area contributed by atoms with Crippen LogP contribution < -0.4 is 5.32 Å². The Labute approximate surface area is 43.3 Å². The van der Waals surface area contributed by atoms with Crippen molar-refractivity contribution in [3.63, 3.8) is 0 Å². The second kappa shape index (κ2) is 2.26. The van der Waals surface area contributed by atoms with Crippen LogP contribution in [0.2, 0.25) is 0 Å². The lowest BCUT2D eigenvalue weighted by Crippen LogP contribution is -1.98. The predicted octanol–water partition coefficient (Wildman–Crippen LogP) is -1.28. The Morgan fingerprint density at radius 3 is 1.43 bits per heavy atom. The van der Waals surface area contributed by atoms with E-state index < -0.39 is 0 Å². The van der Waals surface area contributed by atoms with E-state index in [4.69, 9.17) is 0 Å². The molecular formula is C4H13NO2. The molecule has 3 nitrogen and oxygen atoms in total. The average Bonchev–Trinajstić information content (AvgIpc) is 1.76. The van der Waals surface area contributed by atoms with Crippen LogP contribution in [0.15, 0.2) is 0 Å². The fraction of sp³-hybridized carbons (Fsp3) is 1.00. The molecular weight excluding hydrogens is 94.0 g/mol. The molecule has 0 amide bonds. The second-order valence-electron chi connectivity index (χ2n) is 2.24. The molecule has 0 unspecified atom stereocenters. The van der Waals surface area contributed by atoms with Crippen molar-refractivity contribution < 1.29 is 11.0 Å². The van der Waals surface area contributed by atoms with Gasteiger partial charge in [0.2, 0.25) is 0 Å². The lowest BCUT2D eigenvalue weighted by Gasteiger charge is -1.84. The maximum Gasteiger partial charge on any atom is 0.0250 e. The number of rotatable bonds is 0. The molecule has 1 aliphatic rings. The minimum atomic E-state index is 0. The van der Waals surface area contributed by atoms with Crippen LogP contribution in [0.3, 0.4) is 0 Å². The summed E-state index contributed by atoms with van der Waals surface area (Å²) in [7, 11) is 0. The Hall–Kier alpha value is -0.120. The normalized spacial score (nSPS) is 21.4. The third-order valence-electron chi connectivity index (χ3n) is 0.884. The van der Waals surface area contributed by atoms with E-state index >= 15 is 0 Å². The smallest absolute Gasteiger partial charge is 0.0250 e. The van der Waals surface area contributed by atoms with Gasteiger partial charge in [-0.25, -0.2) is 0 Å². The molecule has 1 aliphatic heterocycles. The van der Waals surface area contributed by atoms with E-state index in [2.05, 4.69) is 19.2 Å². The molecule has 0 aliphatic carbocycles. The molecule has 3 heteroatoms. The van der Waals surface area contributed by atoms with Gasteiger partial charge in [-0.15, -0.1) is 0 Å². The van der Waals surface area contributed by atoms with Gasteiger partial charge in [-0.05, 0) is 13.8 Å². The Bertz CT molecular complexity index is 47.7. The van der Waals surface area contributed by atoms with Gasteiger partial charge in [-0.2, -0.15) is 0 Å². The van der Waals surface area contributed by atoms with Crippen molar-refractivity contribution in [2.45, 2.75) is 19.4 Å². The Morgan fingerprint density at radius 1 is 1.29 bits per heavy atom. The van der Waals surface area contributed by atoms with Gasteiger partial charge < -0.3 is 16.3 Å². The van der Waals surface area contributed by atoms with Crippen LogP contribution in [0.1, 0.15) is 13.8 Å². The van der Waals surface area contributed by atoms with E-state index in [1.54, 1.807) is 0 Å². The van der Waals surface area contributed by atoms with Crippen molar-refractivity contribution in [2.75, 3.05) is 6.54 Å². The minimum absolute atomic E-state index is 0. The predicted molar refractivity (Wildman–Crippen MR) is 29.3 cm³/mol. The SMILES string of the molecule is CC1(C)CN1.O.O. The standard InChI is InChI=1S/C4H9N.2H2O/c1-4(2)3-5-4;;/h5H,3H2,1-2H3;2*1H2. The van der Waals surface area contributed by atoms with E-state index in [0.717, 1.165) is 0 Å². The highest BCUT2D eigenvalue weighted by atomic mass is 16.0. The highest BCUT2D eigenvalue weighted by Gasteiger charge is 2.29.